The average Bonchev–Trinajstić information content (AvgIpc) is 3.89. The van der Waals surface area contributed by atoms with Gasteiger partial charge in [-0.2, -0.15) is 0 Å². The van der Waals surface area contributed by atoms with Crippen LogP contribution in [0.4, 0.5) is 4.39 Å². The third kappa shape index (κ3) is 8.77. The molecule has 2 aromatic heterocycles. The zero-order valence-electron chi connectivity index (χ0n) is 30.2. The molecule has 0 aliphatic carbocycles. The molecule has 5 aromatic rings. The van der Waals surface area contributed by atoms with Crippen molar-refractivity contribution in [2.75, 3.05) is 27.3 Å². The standard InChI is InChI=1S/C25H25FN2O2.C18H21BrN2O/c1-17(18-7-11-23(30-2)12-8-18)28-13-3-4-24(28)20-14-21(16-27-15-20)25(29)19-5-9-22(26)10-6-19;1-13(14-5-7-17(22-2)8-6-14)21-9-3-4-18(21)15-10-16(19)12-20-11-15/h5-12,14-17,24H,3-4,13H2,1-2H3;5-8,10-13,18H,3-4,9H2,1-2H3/t17-,24+;13-,18+/m11/s1. The Morgan fingerprint density at radius 2 is 1.17 bits per heavy atom. The van der Waals surface area contributed by atoms with E-state index in [0.29, 0.717) is 23.2 Å². The largest absolute Gasteiger partial charge is 0.497 e. The molecule has 0 unspecified atom stereocenters. The lowest BCUT2D eigenvalue weighted by molar-refractivity contribution is 0.103. The summed E-state index contributed by atoms with van der Waals surface area (Å²) < 4.78 is 24.8. The Hall–Kier alpha value is -4.44. The lowest BCUT2D eigenvalue weighted by Gasteiger charge is -2.31. The second kappa shape index (κ2) is 17.4. The molecule has 0 N–H and O–H groups in total. The van der Waals surface area contributed by atoms with Gasteiger partial charge in [-0.25, -0.2) is 4.39 Å². The van der Waals surface area contributed by atoms with Crippen molar-refractivity contribution in [3.8, 4) is 11.5 Å². The number of aromatic nitrogens is 2. The average molecular weight is 766 g/mol. The van der Waals surface area contributed by atoms with E-state index in [-0.39, 0.29) is 23.7 Å². The highest BCUT2D eigenvalue weighted by Crippen LogP contribution is 2.40. The zero-order valence-corrected chi connectivity index (χ0v) is 31.8. The Kier molecular flexibility index (Phi) is 12.5. The van der Waals surface area contributed by atoms with Gasteiger partial charge in [-0.15, -0.1) is 0 Å². The number of pyridine rings is 2. The third-order valence-electron chi connectivity index (χ3n) is 10.4. The van der Waals surface area contributed by atoms with Crippen molar-refractivity contribution in [3.05, 3.63) is 153 Å². The van der Waals surface area contributed by atoms with Crippen molar-refractivity contribution in [3.63, 3.8) is 0 Å². The molecule has 3 aromatic carbocycles. The van der Waals surface area contributed by atoms with Gasteiger partial charge in [0.2, 0.25) is 0 Å². The number of carbonyl (C=O) groups is 1. The fraction of sp³-hybridized carbons (Fsp3) is 0.326. The van der Waals surface area contributed by atoms with Crippen LogP contribution in [0.2, 0.25) is 0 Å². The van der Waals surface area contributed by atoms with Gasteiger partial charge in [0.05, 0.1) is 14.2 Å². The quantitative estimate of drug-likeness (QED) is 0.131. The van der Waals surface area contributed by atoms with Crippen LogP contribution in [0.1, 0.15) is 102 Å². The molecule has 0 spiro atoms. The van der Waals surface area contributed by atoms with E-state index < -0.39 is 0 Å². The van der Waals surface area contributed by atoms with Crippen molar-refractivity contribution in [1.29, 1.82) is 0 Å². The number of ketones is 1. The van der Waals surface area contributed by atoms with E-state index in [2.05, 4.69) is 79.9 Å². The molecule has 0 bridgehead atoms. The van der Waals surface area contributed by atoms with E-state index in [0.717, 1.165) is 47.5 Å². The number of likely N-dealkylation sites (tertiary alicyclic amines) is 2. The first kappa shape index (κ1) is 37.3. The van der Waals surface area contributed by atoms with Gasteiger partial charge in [0.25, 0.3) is 0 Å². The number of rotatable bonds is 10. The fourth-order valence-corrected chi connectivity index (χ4v) is 7.89. The maximum Gasteiger partial charge on any atom is 0.194 e. The predicted octanol–water partition coefficient (Wildman–Crippen LogP) is 10.1. The highest BCUT2D eigenvalue weighted by Gasteiger charge is 2.32. The number of ether oxygens (including phenoxy) is 2. The Labute approximate surface area is 315 Å². The molecule has 9 heteroatoms. The maximum absolute atomic E-state index is 13.2. The molecule has 0 saturated carbocycles. The summed E-state index contributed by atoms with van der Waals surface area (Å²) in [5, 5.41) is 0. The summed E-state index contributed by atoms with van der Waals surface area (Å²) in [6.45, 7) is 6.62. The fourth-order valence-electron chi connectivity index (χ4n) is 7.51. The summed E-state index contributed by atoms with van der Waals surface area (Å²) in [5.74, 6) is 1.26. The highest BCUT2D eigenvalue weighted by atomic mass is 79.9. The number of hydrogen-bond acceptors (Lipinski definition) is 7. The molecule has 270 valence electrons. The SMILES string of the molecule is COc1ccc([C@@H](C)N2CCC[C@H]2c2cncc(Br)c2)cc1.COc1ccc([C@@H](C)N2CCC[C@H]2c2cncc(C(=O)c3ccc(F)cc3)c2)cc1. The summed E-state index contributed by atoms with van der Waals surface area (Å²) in [7, 11) is 3.37. The van der Waals surface area contributed by atoms with Crippen LogP contribution >= 0.6 is 15.9 Å². The number of methoxy groups -OCH3 is 2. The number of carbonyl (C=O) groups excluding carboxylic acids is 1. The van der Waals surface area contributed by atoms with E-state index in [9.17, 15) is 9.18 Å². The van der Waals surface area contributed by atoms with Crippen LogP contribution < -0.4 is 9.47 Å². The van der Waals surface area contributed by atoms with Gasteiger partial charge < -0.3 is 9.47 Å². The molecular formula is C43H46BrFN4O3. The Morgan fingerprint density at radius 3 is 1.65 bits per heavy atom. The zero-order chi connectivity index (χ0) is 36.6. The first-order valence-corrected chi connectivity index (χ1v) is 18.7. The number of halogens is 2. The van der Waals surface area contributed by atoms with Gasteiger partial charge >= 0.3 is 0 Å². The maximum atomic E-state index is 13.2. The second-order valence-electron chi connectivity index (χ2n) is 13.5. The first-order chi connectivity index (χ1) is 25.2. The van der Waals surface area contributed by atoms with Gasteiger partial charge in [0.15, 0.2) is 5.78 Å². The van der Waals surface area contributed by atoms with Crippen molar-refractivity contribution in [2.24, 2.45) is 0 Å². The van der Waals surface area contributed by atoms with E-state index in [4.69, 9.17) is 9.47 Å². The van der Waals surface area contributed by atoms with Gasteiger partial charge in [-0.05, 0) is 151 Å². The minimum atomic E-state index is -0.354. The van der Waals surface area contributed by atoms with E-state index in [1.165, 1.54) is 53.8 Å². The van der Waals surface area contributed by atoms with E-state index >= 15 is 0 Å². The molecule has 7 nitrogen and oxygen atoms in total. The van der Waals surface area contributed by atoms with Gasteiger partial charge in [0.1, 0.15) is 17.3 Å². The first-order valence-electron chi connectivity index (χ1n) is 17.9. The molecule has 7 rings (SSSR count). The van der Waals surface area contributed by atoms with Crippen LogP contribution in [0.15, 0.2) is 114 Å². The van der Waals surface area contributed by atoms with Crippen molar-refractivity contribution in [1.82, 2.24) is 19.8 Å². The number of hydrogen-bond donors (Lipinski definition) is 0. The number of benzene rings is 3. The second-order valence-corrected chi connectivity index (χ2v) is 14.4. The molecule has 0 radical (unpaired) electrons. The minimum absolute atomic E-state index is 0.142. The molecule has 2 aliphatic rings. The van der Waals surface area contributed by atoms with Crippen LogP contribution in [0, 0.1) is 5.82 Å². The highest BCUT2D eigenvalue weighted by molar-refractivity contribution is 9.10. The predicted molar refractivity (Wildman–Crippen MR) is 206 cm³/mol. The van der Waals surface area contributed by atoms with Gasteiger partial charge in [-0.1, -0.05) is 24.3 Å². The van der Waals surface area contributed by atoms with Gasteiger partial charge in [0, 0.05) is 64.6 Å². The molecule has 2 saturated heterocycles. The molecule has 0 amide bonds. The van der Waals surface area contributed by atoms with E-state index in [1.54, 1.807) is 20.4 Å². The summed E-state index contributed by atoms with van der Waals surface area (Å²) in [4.78, 5) is 26.5. The Balaban J connectivity index is 0.000000187. The van der Waals surface area contributed by atoms with Crippen LogP contribution in [0.25, 0.3) is 0 Å². The van der Waals surface area contributed by atoms with Crippen LogP contribution in [-0.2, 0) is 0 Å². The lowest BCUT2D eigenvalue weighted by Crippen LogP contribution is -2.27. The molecular weight excluding hydrogens is 719 g/mol. The third-order valence-corrected chi connectivity index (χ3v) is 10.8. The van der Waals surface area contributed by atoms with Crippen molar-refractivity contribution < 1.29 is 18.7 Å². The molecule has 2 aliphatic heterocycles. The van der Waals surface area contributed by atoms with Crippen LogP contribution in [0.5, 0.6) is 11.5 Å². The summed E-state index contributed by atoms with van der Waals surface area (Å²) in [6, 6.07) is 27.6. The number of nitrogens with zero attached hydrogens (tertiary/aromatic N) is 4. The smallest absolute Gasteiger partial charge is 0.194 e. The minimum Gasteiger partial charge on any atom is -0.497 e. The molecule has 2 fully saturated rings. The summed E-state index contributed by atoms with van der Waals surface area (Å²) >= 11 is 3.53. The molecule has 4 atom stereocenters. The summed E-state index contributed by atoms with van der Waals surface area (Å²) in [5.41, 5.74) is 5.89. The normalized spacial score (nSPS) is 18.7. The lowest BCUT2D eigenvalue weighted by atomic mass is 9.98. The Bertz CT molecular complexity index is 1920. The molecule has 52 heavy (non-hydrogen) atoms. The van der Waals surface area contributed by atoms with Crippen LogP contribution in [-0.4, -0.2) is 52.9 Å². The van der Waals surface area contributed by atoms with Gasteiger partial charge in [-0.3, -0.25) is 24.6 Å². The van der Waals surface area contributed by atoms with E-state index in [1.807, 2.05) is 48.9 Å². The monoisotopic (exact) mass is 764 g/mol. The topological polar surface area (TPSA) is 67.8 Å². The Morgan fingerprint density at radius 1 is 0.692 bits per heavy atom. The van der Waals surface area contributed by atoms with Crippen LogP contribution in [0.3, 0.4) is 0 Å². The van der Waals surface area contributed by atoms with Crippen molar-refractivity contribution >= 4 is 21.7 Å². The molecule has 4 heterocycles. The summed E-state index contributed by atoms with van der Waals surface area (Å²) in [6.07, 6.45) is 11.8. The van der Waals surface area contributed by atoms with Crippen molar-refractivity contribution in [2.45, 2.75) is 63.7 Å².